The lowest BCUT2D eigenvalue weighted by Gasteiger charge is -2.15. The van der Waals surface area contributed by atoms with Crippen molar-refractivity contribution in [3.05, 3.63) is 59.7 Å². The zero-order valence-electron chi connectivity index (χ0n) is 15.0. The lowest BCUT2D eigenvalue weighted by molar-refractivity contribution is -0.119. The molecule has 0 aliphatic rings. The first-order valence-electron chi connectivity index (χ1n) is 8.35. The molecule has 0 heterocycles. The van der Waals surface area contributed by atoms with Crippen LogP contribution in [0.1, 0.15) is 31.0 Å². The summed E-state index contributed by atoms with van der Waals surface area (Å²) in [6.45, 7) is 4.60. The number of nitrogens with one attached hydrogen (secondary N) is 1. The van der Waals surface area contributed by atoms with Crippen LogP contribution in [-0.2, 0) is 10.5 Å². The van der Waals surface area contributed by atoms with Gasteiger partial charge in [-0.1, -0.05) is 24.3 Å². The molecule has 0 aliphatic carbocycles. The summed E-state index contributed by atoms with van der Waals surface area (Å²) in [5.41, 5.74) is 2.25. The van der Waals surface area contributed by atoms with E-state index in [0.29, 0.717) is 12.4 Å². The van der Waals surface area contributed by atoms with Crippen molar-refractivity contribution in [3.8, 4) is 11.5 Å². The Balaban J connectivity index is 1.74. The molecule has 0 radical (unpaired) electrons. The molecule has 0 aliphatic heterocycles. The Bertz CT molecular complexity index is 656. The number of carbonyl (C=O) groups is 1. The number of methoxy groups -OCH3 is 1. The van der Waals surface area contributed by atoms with Crippen molar-refractivity contribution < 1.29 is 14.3 Å². The highest BCUT2D eigenvalue weighted by atomic mass is 32.2. The second-order valence-corrected chi connectivity index (χ2v) is 6.62. The van der Waals surface area contributed by atoms with Crippen LogP contribution in [0.5, 0.6) is 11.5 Å². The number of ether oxygens (including phenoxy) is 2. The quantitative estimate of drug-likeness (QED) is 0.729. The van der Waals surface area contributed by atoms with E-state index in [1.165, 1.54) is 5.56 Å². The zero-order valence-corrected chi connectivity index (χ0v) is 15.8. The van der Waals surface area contributed by atoms with Crippen LogP contribution >= 0.6 is 11.8 Å². The monoisotopic (exact) mass is 359 g/mol. The highest BCUT2D eigenvalue weighted by Gasteiger charge is 2.10. The van der Waals surface area contributed by atoms with Crippen molar-refractivity contribution in [1.29, 1.82) is 0 Å². The van der Waals surface area contributed by atoms with Gasteiger partial charge in [0.25, 0.3) is 0 Å². The molecule has 1 amide bonds. The van der Waals surface area contributed by atoms with Crippen LogP contribution in [0.3, 0.4) is 0 Å². The van der Waals surface area contributed by atoms with Gasteiger partial charge in [-0.2, -0.15) is 0 Å². The molecule has 2 aromatic carbocycles. The lowest BCUT2D eigenvalue weighted by Crippen LogP contribution is -2.28. The lowest BCUT2D eigenvalue weighted by atomic mass is 10.1. The summed E-state index contributed by atoms with van der Waals surface area (Å²) in [4.78, 5) is 12.1. The highest BCUT2D eigenvalue weighted by molar-refractivity contribution is 7.99. The molecule has 4 nitrogen and oxygen atoms in total. The predicted molar refractivity (Wildman–Crippen MR) is 103 cm³/mol. The minimum absolute atomic E-state index is 0.0234. The summed E-state index contributed by atoms with van der Waals surface area (Å²) >= 11 is 1.60. The molecule has 2 rings (SSSR count). The van der Waals surface area contributed by atoms with E-state index in [1.807, 2.05) is 62.4 Å². The van der Waals surface area contributed by atoms with E-state index >= 15 is 0 Å². The van der Waals surface area contributed by atoms with Gasteiger partial charge in [0.1, 0.15) is 11.5 Å². The van der Waals surface area contributed by atoms with Crippen molar-refractivity contribution in [2.75, 3.05) is 19.5 Å². The van der Waals surface area contributed by atoms with Gasteiger partial charge in [0.2, 0.25) is 5.91 Å². The molecule has 25 heavy (non-hydrogen) atoms. The summed E-state index contributed by atoms with van der Waals surface area (Å²) in [6, 6.07) is 15.7. The molecule has 134 valence electrons. The van der Waals surface area contributed by atoms with Crippen LogP contribution in [0.2, 0.25) is 0 Å². The molecule has 0 aromatic heterocycles. The van der Waals surface area contributed by atoms with E-state index in [1.54, 1.807) is 18.9 Å². The molecular weight excluding hydrogens is 334 g/mol. The van der Waals surface area contributed by atoms with Crippen molar-refractivity contribution in [2.45, 2.75) is 25.6 Å². The maximum Gasteiger partial charge on any atom is 0.230 e. The van der Waals surface area contributed by atoms with Gasteiger partial charge < -0.3 is 14.8 Å². The molecule has 2 aromatic rings. The van der Waals surface area contributed by atoms with Crippen molar-refractivity contribution >= 4 is 17.7 Å². The second-order valence-electron chi connectivity index (χ2n) is 5.63. The topological polar surface area (TPSA) is 47.6 Å². The Labute approximate surface area is 153 Å². The van der Waals surface area contributed by atoms with E-state index in [4.69, 9.17) is 9.47 Å². The van der Waals surface area contributed by atoms with Crippen LogP contribution < -0.4 is 14.8 Å². The molecular formula is C20H25NO3S. The Kier molecular flexibility index (Phi) is 7.67. The Morgan fingerprint density at radius 3 is 2.32 bits per heavy atom. The highest BCUT2D eigenvalue weighted by Crippen LogP contribution is 2.19. The minimum atomic E-state index is -0.0234. The number of amides is 1. The molecule has 5 heteroatoms. The van der Waals surface area contributed by atoms with Crippen molar-refractivity contribution in [3.63, 3.8) is 0 Å². The van der Waals surface area contributed by atoms with Gasteiger partial charge in [0.05, 0.1) is 25.5 Å². The average molecular weight is 359 g/mol. The predicted octanol–water partition coefficient (Wildman–Crippen LogP) is 4.20. The van der Waals surface area contributed by atoms with Gasteiger partial charge in [-0.15, -0.1) is 11.8 Å². The summed E-state index contributed by atoms with van der Waals surface area (Å²) in [5, 5.41) is 3.03. The third kappa shape index (κ3) is 6.35. The summed E-state index contributed by atoms with van der Waals surface area (Å²) in [7, 11) is 1.65. The molecule has 0 bridgehead atoms. The number of hydrogen-bond acceptors (Lipinski definition) is 4. The zero-order chi connectivity index (χ0) is 18.1. The fourth-order valence-electron chi connectivity index (χ4n) is 2.37. The molecule has 0 spiro atoms. The smallest absolute Gasteiger partial charge is 0.230 e. The molecule has 0 unspecified atom stereocenters. The normalized spacial score (nSPS) is 11.6. The number of benzene rings is 2. The first-order valence-corrected chi connectivity index (χ1v) is 9.50. The first kappa shape index (κ1) is 19.2. The van der Waals surface area contributed by atoms with Gasteiger partial charge in [-0.25, -0.2) is 0 Å². The summed E-state index contributed by atoms with van der Waals surface area (Å²) in [5.74, 6) is 2.97. The number of carbonyl (C=O) groups excluding carboxylic acids is 1. The third-order valence-corrected chi connectivity index (χ3v) is 4.73. The number of rotatable bonds is 9. The maximum absolute atomic E-state index is 12.1. The molecule has 0 saturated carbocycles. The van der Waals surface area contributed by atoms with Crippen LogP contribution in [0.25, 0.3) is 0 Å². The SMILES string of the molecule is CCOc1ccc([C@H](C)NC(=O)CSCc2ccc(OC)cc2)cc1. The van der Waals surface area contributed by atoms with Gasteiger partial charge >= 0.3 is 0 Å². The van der Waals surface area contributed by atoms with Gasteiger partial charge in [-0.05, 0) is 49.2 Å². The molecule has 0 saturated heterocycles. The van der Waals surface area contributed by atoms with E-state index in [0.717, 1.165) is 22.8 Å². The van der Waals surface area contributed by atoms with Crippen molar-refractivity contribution in [2.24, 2.45) is 0 Å². The van der Waals surface area contributed by atoms with E-state index < -0.39 is 0 Å². The third-order valence-electron chi connectivity index (χ3n) is 3.73. The Morgan fingerprint density at radius 2 is 1.72 bits per heavy atom. The standard InChI is InChI=1S/C20H25NO3S/c1-4-24-19-11-7-17(8-12-19)15(2)21-20(22)14-25-13-16-5-9-18(23-3)10-6-16/h5-12,15H,4,13-14H2,1-3H3,(H,21,22)/t15-/m0/s1. The number of hydrogen-bond donors (Lipinski definition) is 1. The summed E-state index contributed by atoms with van der Waals surface area (Å²) in [6.07, 6.45) is 0. The van der Waals surface area contributed by atoms with Gasteiger partial charge in [-0.3, -0.25) is 4.79 Å². The first-order chi connectivity index (χ1) is 12.1. The molecule has 1 atom stereocenters. The van der Waals surface area contributed by atoms with Gasteiger partial charge in [0, 0.05) is 5.75 Å². The molecule has 1 N–H and O–H groups in total. The van der Waals surface area contributed by atoms with E-state index in [9.17, 15) is 4.79 Å². The van der Waals surface area contributed by atoms with Crippen molar-refractivity contribution in [1.82, 2.24) is 5.32 Å². The Morgan fingerprint density at radius 1 is 1.08 bits per heavy atom. The second kappa shape index (κ2) is 9.99. The minimum Gasteiger partial charge on any atom is -0.497 e. The Hall–Kier alpha value is -2.14. The van der Waals surface area contributed by atoms with Crippen LogP contribution in [-0.4, -0.2) is 25.4 Å². The van der Waals surface area contributed by atoms with E-state index in [-0.39, 0.29) is 11.9 Å². The average Bonchev–Trinajstić information content (AvgIpc) is 2.63. The van der Waals surface area contributed by atoms with Crippen LogP contribution in [0, 0.1) is 0 Å². The molecule has 0 fully saturated rings. The maximum atomic E-state index is 12.1. The summed E-state index contributed by atoms with van der Waals surface area (Å²) < 4.78 is 10.6. The number of thioether (sulfide) groups is 1. The van der Waals surface area contributed by atoms with Crippen LogP contribution in [0.15, 0.2) is 48.5 Å². The fraction of sp³-hybridized carbons (Fsp3) is 0.350. The fourth-order valence-corrected chi connectivity index (χ4v) is 3.17. The largest absolute Gasteiger partial charge is 0.497 e. The van der Waals surface area contributed by atoms with E-state index in [2.05, 4.69) is 5.32 Å². The van der Waals surface area contributed by atoms with Gasteiger partial charge in [0.15, 0.2) is 0 Å². The van der Waals surface area contributed by atoms with Crippen LogP contribution in [0.4, 0.5) is 0 Å².